The van der Waals surface area contributed by atoms with E-state index in [0.717, 1.165) is 36.5 Å². The van der Waals surface area contributed by atoms with Crippen LogP contribution in [-0.2, 0) is 4.74 Å². The third-order valence-corrected chi connectivity index (χ3v) is 3.12. The lowest BCUT2D eigenvalue weighted by atomic mass is 10.0. The highest BCUT2D eigenvalue weighted by Crippen LogP contribution is 2.26. The van der Waals surface area contributed by atoms with Gasteiger partial charge in [0.15, 0.2) is 5.82 Å². The molecular weight excluding hydrogens is 230 g/mol. The number of aromatic nitrogens is 2. The summed E-state index contributed by atoms with van der Waals surface area (Å²) in [4.78, 5) is 4.44. The number of ether oxygens (including phenoxy) is 1. The molecule has 2 N–H and O–H groups in total. The predicted molar refractivity (Wildman–Crippen MR) is 66.9 cm³/mol. The van der Waals surface area contributed by atoms with Gasteiger partial charge in [-0.3, -0.25) is 0 Å². The molecule has 0 amide bonds. The Labute approximate surface area is 105 Å². The van der Waals surface area contributed by atoms with Crippen LogP contribution in [0.5, 0.6) is 0 Å². The van der Waals surface area contributed by atoms with Crippen LogP contribution in [0.1, 0.15) is 24.6 Å². The second kappa shape index (κ2) is 4.78. The fourth-order valence-electron chi connectivity index (χ4n) is 2.09. The topological polar surface area (TPSA) is 74.2 Å². The molecule has 1 aromatic heterocycles. The highest BCUT2D eigenvalue weighted by atomic mass is 16.5. The Morgan fingerprint density at radius 2 is 2.06 bits per heavy atom. The molecule has 1 aliphatic rings. The van der Waals surface area contributed by atoms with Crippen LogP contribution in [0.2, 0.25) is 0 Å². The van der Waals surface area contributed by atoms with Gasteiger partial charge in [0.05, 0.1) is 6.61 Å². The summed E-state index contributed by atoms with van der Waals surface area (Å²) in [7, 11) is 0. The number of anilines is 1. The molecular formula is C13H15N3O2. The van der Waals surface area contributed by atoms with Gasteiger partial charge in [0.2, 0.25) is 0 Å². The Bertz CT molecular complexity index is 515. The minimum atomic E-state index is 0.255. The van der Waals surface area contributed by atoms with Gasteiger partial charge in [-0.1, -0.05) is 5.16 Å². The van der Waals surface area contributed by atoms with E-state index in [4.69, 9.17) is 15.0 Å². The highest BCUT2D eigenvalue weighted by Gasteiger charge is 2.21. The molecule has 0 bridgehead atoms. The second-order valence-corrected chi connectivity index (χ2v) is 4.49. The first-order valence-corrected chi connectivity index (χ1v) is 6.10. The molecule has 0 saturated carbocycles. The summed E-state index contributed by atoms with van der Waals surface area (Å²) < 4.78 is 10.7. The van der Waals surface area contributed by atoms with Gasteiger partial charge in [-0.05, 0) is 37.1 Å². The number of nitrogens with zero attached hydrogens (tertiary/aromatic N) is 2. The van der Waals surface area contributed by atoms with Crippen LogP contribution in [-0.4, -0.2) is 23.4 Å². The smallest absolute Gasteiger partial charge is 0.257 e. The number of nitrogens with two attached hydrogens (primary N) is 1. The van der Waals surface area contributed by atoms with Crippen LogP contribution in [0.15, 0.2) is 28.8 Å². The van der Waals surface area contributed by atoms with Crippen LogP contribution in [0.4, 0.5) is 5.69 Å². The Hall–Kier alpha value is -1.88. The monoisotopic (exact) mass is 245 g/mol. The fraction of sp³-hybridized carbons (Fsp3) is 0.385. The summed E-state index contributed by atoms with van der Waals surface area (Å²) in [6.45, 7) is 1.51. The zero-order valence-electron chi connectivity index (χ0n) is 10.0. The maximum Gasteiger partial charge on any atom is 0.257 e. The number of hydrogen-bond acceptors (Lipinski definition) is 5. The van der Waals surface area contributed by atoms with Crippen molar-refractivity contribution in [1.82, 2.24) is 10.1 Å². The molecule has 2 aromatic rings. The molecule has 0 aliphatic carbocycles. The highest BCUT2D eigenvalue weighted by molar-refractivity contribution is 5.56. The maximum absolute atomic E-state index is 5.64. The Balaban J connectivity index is 1.82. The Morgan fingerprint density at radius 3 is 2.78 bits per heavy atom. The first-order valence-electron chi connectivity index (χ1n) is 6.10. The quantitative estimate of drug-likeness (QED) is 0.821. The van der Waals surface area contributed by atoms with Crippen LogP contribution in [0.25, 0.3) is 11.5 Å². The Morgan fingerprint density at radius 1 is 1.22 bits per heavy atom. The van der Waals surface area contributed by atoms with E-state index in [1.165, 1.54) is 0 Å². The molecule has 0 radical (unpaired) electrons. The van der Waals surface area contributed by atoms with Gasteiger partial charge in [0.1, 0.15) is 0 Å². The lowest BCUT2D eigenvalue weighted by Crippen LogP contribution is -2.16. The number of benzene rings is 1. The third kappa shape index (κ3) is 2.22. The average Bonchev–Trinajstić information content (AvgIpc) is 2.90. The fourth-order valence-corrected chi connectivity index (χ4v) is 2.09. The van der Waals surface area contributed by atoms with Crippen LogP contribution in [0.3, 0.4) is 0 Å². The summed E-state index contributed by atoms with van der Waals surface area (Å²) >= 11 is 0. The van der Waals surface area contributed by atoms with Gasteiger partial charge in [-0.2, -0.15) is 4.98 Å². The molecule has 5 heteroatoms. The van der Waals surface area contributed by atoms with E-state index in [1.807, 2.05) is 24.3 Å². The van der Waals surface area contributed by atoms with Crippen molar-refractivity contribution in [3.8, 4) is 11.5 Å². The molecule has 5 nitrogen and oxygen atoms in total. The minimum Gasteiger partial charge on any atom is -0.399 e. The van der Waals surface area contributed by atoms with E-state index in [9.17, 15) is 0 Å². The number of nitrogen functional groups attached to an aromatic ring is 1. The van der Waals surface area contributed by atoms with Crippen molar-refractivity contribution in [2.75, 3.05) is 18.9 Å². The first kappa shape index (κ1) is 11.2. The maximum atomic E-state index is 5.64. The normalized spacial score (nSPS) is 19.9. The summed E-state index contributed by atoms with van der Waals surface area (Å²) in [6, 6.07) is 7.40. The molecule has 0 spiro atoms. The van der Waals surface area contributed by atoms with Crippen LogP contribution >= 0.6 is 0 Å². The van der Waals surface area contributed by atoms with Crippen LogP contribution in [0, 0.1) is 0 Å². The van der Waals surface area contributed by atoms with Crippen LogP contribution < -0.4 is 5.73 Å². The molecule has 1 aliphatic heterocycles. The zero-order valence-corrected chi connectivity index (χ0v) is 10.0. The van der Waals surface area contributed by atoms with E-state index in [2.05, 4.69) is 10.1 Å². The summed E-state index contributed by atoms with van der Waals surface area (Å²) in [6.07, 6.45) is 2.11. The van der Waals surface area contributed by atoms with Gasteiger partial charge in [0, 0.05) is 23.8 Å². The molecule has 2 heterocycles. The molecule has 1 saturated heterocycles. The molecule has 1 fully saturated rings. The van der Waals surface area contributed by atoms with E-state index < -0.39 is 0 Å². The van der Waals surface area contributed by atoms with Crippen molar-refractivity contribution in [3.05, 3.63) is 30.1 Å². The standard InChI is InChI=1S/C13H15N3O2/c14-11-5-3-9(4-6-11)13-15-12(16-18-13)10-2-1-7-17-8-10/h3-6,10H,1-2,7-8,14H2. The predicted octanol–water partition coefficient (Wildman–Crippen LogP) is 2.21. The molecule has 3 rings (SSSR count). The lowest BCUT2D eigenvalue weighted by Gasteiger charge is -2.18. The SMILES string of the molecule is Nc1ccc(-c2nc(C3CCCOC3)no2)cc1. The minimum absolute atomic E-state index is 0.255. The molecule has 18 heavy (non-hydrogen) atoms. The summed E-state index contributed by atoms with van der Waals surface area (Å²) in [5.41, 5.74) is 7.25. The molecule has 1 aromatic carbocycles. The van der Waals surface area contributed by atoms with E-state index in [0.29, 0.717) is 12.5 Å². The van der Waals surface area contributed by atoms with Crippen molar-refractivity contribution in [2.45, 2.75) is 18.8 Å². The average molecular weight is 245 g/mol. The first-order chi connectivity index (χ1) is 8.83. The van der Waals surface area contributed by atoms with Crippen molar-refractivity contribution in [3.63, 3.8) is 0 Å². The van der Waals surface area contributed by atoms with Gasteiger partial charge in [-0.25, -0.2) is 0 Å². The molecule has 1 unspecified atom stereocenters. The second-order valence-electron chi connectivity index (χ2n) is 4.49. The van der Waals surface area contributed by atoms with Crippen molar-refractivity contribution < 1.29 is 9.26 Å². The Kier molecular flexibility index (Phi) is 2.98. The number of hydrogen-bond donors (Lipinski definition) is 1. The summed E-state index contributed by atoms with van der Waals surface area (Å²) in [5.74, 6) is 1.53. The van der Waals surface area contributed by atoms with Gasteiger partial charge < -0.3 is 15.0 Å². The molecule has 1 atom stereocenters. The van der Waals surface area contributed by atoms with E-state index in [1.54, 1.807) is 0 Å². The van der Waals surface area contributed by atoms with Crippen molar-refractivity contribution >= 4 is 5.69 Å². The lowest BCUT2D eigenvalue weighted by molar-refractivity contribution is 0.0773. The largest absolute Gasteiger partial charge is 0.399 e. The van der Waals surface area contributed by atoms with E-state index in [-0.39, 0.29) is 5.92 Å². The van der Waals surface area contributed by atoms with Gasteiger partial charge in [0.25, 0.3) is 5.89 Å². The van der Waals surface area contributed by atoms with Crippen molar-refractivity contribution in [2.24, 2.45) is 0 Å². The van der Waals surface area contributed by atoms with E-state index >= 15 is 0 Å². The number of rotatable bonds is 2. The van der Waals surface area contributed by atoms with Gasteiger partial charge in [-0.15, -0.1) is 0 Å². The zero-order chi connectivity index (χ0) is 12.4. The van der Waals surface area contributed by atoms with Crippen molar-refractivity contribution in [1.29, 1.82) is 0 Å². The third-order valence-electron chi connectivity index (χ3n) is 3.12. The van der Waals surface area contributed by atoms with Gasteiger partial charge >= 0.3 is 0 Å². The molecule has 94 valence electrons. The summed E-state index contributed by atoms with van der Waals surface area (Å²) in [5, 5.41) is 4.04.